The molecule has 1 aliphatic carbocycles. The lowest BCUT2D eigenvalue weighted by Crippen LogP contribution is -2.32. The van der Waals surface area contributed by atoms with Gasteiger partial charge in [-0.15, -0.1) is 0 Å². The number of fused-ring (bicyclic) bond motifs is 2. The van der Waals surface area contributed by atoms with E-state index < -0.39 is 5.82 Å². The van der Waals surface area contributed by atoms with Crippen molar-refractivity contribution < 1.29 is 9.50 Å². The van der Waals surface area contributed by atoms with Gasteiger partial charge in [-0.1, -0.05) is 19.4 Å². The third-order valence-corrected chi connectivity index (χ3v) is 8.37. The number of nitrogens with one attached hydrogen (secondary N) is 3. The van der Waals surface area contributed by atoms with E-state index in [2.05, 4.69) is 44.3 Å². The summed E-state index contributed by atoms with van der Waals surface area (Å²) >= 11 is 0. The summed E-state index contributed by atoms with van der Waals surface area (Å²) in [4.78, 5) is 12.5. The van der Waals surface area contributed by atoms with Crippen LogP contribution in [0.5, 0.6) is 5.75 Å². The Balaban J connectivity index is 1.31. The third-order valence-electron chi connectivity index (χ3n) is 8.37. The molecule has 1 fully saturated rings. The molecule has 4 aromatic heterocycles. The van der Waals surface area contributed by atoms with Gasteiger partial charge in [-0.05, 0) is 62.1 Å². The lowest BCUT2D eigenvalue weighted by molar-refractivity contribution is 0.469. The van der Waals surface area contributed by atoms with Gasteiger partial charge in [-0.3, -0.25) is 14.6 Å². The fraction of sp³-hybridized carbons (Fsp3) is 0.206. The number of allylic oxidation sites excluding steroid dienone is 2. The zero-order valence-electron chi connectivity index (χ0n) is 24.1. The molecule has 0 bridgehead atoms. The molecule has 0 spiro atoms. The van der Waals surface area contributed by atoms with Crippen LogP contribution in [0.15, 0.2) is 73.5 Å². The molecule has 1 saturated carbocycles. The molecule has 9 heteroatoms. The molecule has 0 unspecified atom stereocenters. The second-order valence-electron chi connectivity index (χ2n) is 11.3. The number of phenols is 1. The number of aromatic amines is 1. The Bertz CT molecular complexity index is 2040. The molecule has 1 aliphatic heterocycles. The SMILES string of the molecule is C=C(Nc1cncc(C2=CNC(C)=c3c(c(-c4cc5c(-c6cc(O)cc(F)c6)nccc5[nH]4)nn3C)=C2)c1)C1CCCC1. The van der Waals surface area contributed by atoms with Crippen LogP contribution in [-0.4, -0.2) is 29.8 Å². The first-order valence-electron chi connectivity index (χ1n) is 14.5. The summed E-state index contributed by atoms with van der Waals surface area (Å²) in [6, 6.07) is 9.92. The van der Waals surface area contributed by atoms with E-state index in [0.717, 1.165) is 67.1 Å². The largest absolute Gasteiger partial charge is 0.508 e. The highest BCUT2D eigenvalue weighted by Crippen LogP contribution is 2.33. The van der Waals surface area contributed by atoms with E-state index in [-0.39, 0.29) is 5.75 Å². The Morgan fingerprint density at radius 1 is 1.09 bits per heavy atom. The number of aryl methyl sites for hydroxylation is 1. The Morgan fingerprint density at radius 3 is 2.74 bits per heavy atom. The molecule has 0 atom stereocenters. The number of hydrogen-bond donors (Lipinski definition) is 4. The van der Waals surface area contributed by atoms with Gasteiger partial charge >= 0.3 is 0 Å². The van der Waals surface area contributed by atoms with Gasteiger partial charge in [-0.25, -0.2) is 4.39 Å². The number of H-pyrrole nitrogens is 1. The molecule has 0 saturated heterocycles. The van der Waals surface area contributed by atoms with Crippen LogP contribution in [0.2, 0.25) is 0 Å². The highest BCUT2D eigenvalue weighted by molar-refractivity contribution is 5.97. The quantitative estimate of drug-likeness (QED) is 0.213. The Labute approximate surface area is 248 Å². The monoisotopic (exact) mass is 573 g/mol. The maximum absolute atomic E-state index is 14.1. The summed E-state index contributed by atoms with van der Waals surface area (Å²) in [6.07, 6.45) is 14.4. The highest BCUT2D eigenvalue weighted by Gasteiger charge is 2.20. The van der Waals surface area contributed by atoms with Crippen LogP contribution < -0.4 is 21.2 Å². The smallest absolute Gasteiger partial charge is 0.127 e. The van der Waals surface area contributed by atoms with Crippen LogP contribution in [0, 0.1) is 11.7 Å². The number of hydrogen-bond acceptors (Lipinski definition) is 6. The van der Waals surface area contributed by atoms with E-state index in [9.17, 15) is 9.50 Å². The minimum absolute atomic E-state index is 0.149. The normalized spacial score (nSPS) is 15.0. The van der Waals surface area contributed by atoms with E-state index in [1.54, 1.807) is 6.20 Å². The fourth-order valence-electron chi connectivity index (χ4n) is 6.29. The molecule has 7 rings (SSSR count). The van der Waals surface area contributed by atoms with Crippen LogP contribution in [0.1, 0.15) is 38.2 Å². The van der Waals surface area contributed by atoms with Crippen molar-refractivity contribution in [2.75, 3.05) is 5.32 Å². The van der Waals surface area contributed by atoms with Gasteiger partial charge in [-0.2, -0.15) is 5.10 Å². The van der Waals surface area contributed by atoms with Gasteiger partial charge in [0, 0.05) is 75.9 Å². The number of anilines is 1. The van der Waals surface area contributed by atoms with Crippen molar-refractivity contribution in [1.29, 1.82) is 0 Å². The first kappa shape index (κ1) is 26.7. The first-order chi connectivity index (χ1) is 20.8. The number of halogens is 1. The average molecular weight is 574 g/mol. The molecule has 0 radical (unpaired) electrons. The van der Waals surface area contributed by atoms with Gasteiger partial charge in [0.05, 0.1) is 28.6 Å². The van der Waals surface area contributed by atoms with Crippen molar-refractivity contribution in [3.63, 3.8) is 0 Å². The van der Waals surface area contributed by atoms with Gasteiger partial charge in [0.2, 0.25) is 0 Å². The molecule has 4 N–H and O–H groups in total. The average Bonchev–Trinajstić information content (AvgIpc) is 3.71. The van der Waals surface area contributed by atoms with Crippen LogP contribution in [0.25, 0.3) is 50.9 Å². The van der Waals surface area contributed by atoms with E-state index in [4.69, 9.17) is 5.10 Å². The molecule has 1 aromatic carbocycles. The van der Waals surface area contributed by atoms with Gasteiger partial charge < -0.3 is 20.7 Å². The first-order valence-corrected chi connectivity index (χ1v) is 14.5. The van der Waals surface area contributed by atoms with Crippen molar-refractivity contribution in [1.82, 2.24) is 30.0 Å². The van der Waals surface area contributed by atoms with Gasteiger partial charge in [0.1, 0.15) is 17.3 Å². The summed E-state index contributed by atoms with van der Waals surface area (Å²) in [5.74, 6) is -0.169. The van der Waals surface area contributed by atoms with Crippen LogP contribution in [0.4, 0.5) is 10.1 Å². The minimum Gasteiger partial charge on any atom is -0.508 e. The molecule has 216 valence electrons. The molecule has 43 heavy (non-hydrogen) atoms. The fourth-order valence-corrected chi connectivity index (χ4v) is 6.29. The van der Waals surface area contributed by atoms with Crippen LogP contribution in [-0.2, 0) is 7.05 Å². The summed E-state index contributed by atoms with van der Waals surface area (Å²) in [6.45, 7) is 6.33. The summed E-state index contributed by atoms with van der Waals surface area (Å²) in [7, 11) is 1.93. The second-order valence-corrected chi connectivity index (χ2v) is 11.3. The minimum atomic E-state index is -0.524. The number of pyridine rings is 2. The number of benzene rings is 1. The number of rotatable bonds is 6. The number of phenolic OH excluding ortho intramolecular Hbond substituents is 1. The van der Waals surface area contributed by atoms with Gasteiger partial charge in [0.25, 0.3) is 0 Å². The lowest BCUT2D eigenvalue weighted by Gasteiger charge is -2.16. The maximum atomic E-state index is 14.1. The van der Waals surface area contributed by atoms with E-state index >= 15 is 0 Å². The Morgan fingerprint density at radius 2 is 1.93 bits per heavy atom. The van der Waals surface area contributed by atoms with E-state index in [0.29, 0.717) is 17.2 Å². The number of nitrogens with zero attached hydrogens (tertiary/aromatic N) is 4. The van der Waals surface area contributed by atoms with Crippen LogP contribution >= 0.6 is 0 Å². The second kappa shape index (κ2) is 10.6. The molecular weight excluding hydrogens is 541 g/mol. The van der Waals surface area contributed by atoms with Crippen molar-refractivity contribution in [2.24, 2.45) is 13.0 Å². The maximum Gasteiger partial charge on any atom is 0.127 e. The molecule has 5 heterocycles. The van der Waals surface area contributed by atoms with E-state index in [1.807, 2.05) is 49.4 Å². The molecule has 5 aromatic rings. The molecular formula is C34H32FN7O. The summed E-state index contributed by atoms with van der Waals surface area (Å²) in [5, 5.41) is 24.6. The van der Waals surface area contributed by atoms with Crippen molar-refractivity contribution in [3.8, 4) is 28.4 Å². The van der Waals surface area contributed by atoms with Crippen LogP contribution in [0.3, 0.4) is 0 Å². The summed E-state index contributed by atoms with van der Waals surface area (Å²) < 4.78 is 16.0. The topological polar surface area (TPSA) is 104 Å². The lowest BCUT2D eigenvalue weighted by atomic mass is 10.0. The van der Waals surface area contributed by atoms with E-state index in [1.165, 1.54) is 37.8 Å². The van der Waals surface area contributed by atoms with Crippen molar-refractivity contribution >= 4 is 33.9 Å². The Kier molecular flexibility index (Phi) is 6.57. The molecule has 2 aliphatic rings. The number of aromatic nitrogens is 5. The van der Waals surface area contributed by atoms with Crippen molar-refractivity contribution in [2.45, 2.75) is 32.6 Å². The molecule has 0 amide bonds. The zero-order chi connectivity index (χ0) is 29.7. The Hall–Kier alpha value is -5.18. The predicted molar refractivity (Wildman–Crippen MR) is 168 cm³/mol. The molecule has 8 nitrogen and oxygen atoms in total. The standard InChI is InChI=1S/C34H32FN7O/c1-19(21-6-4-5-7-21)39-26-11-23(16-36-18-26)24-13-29-33(41-42(3)34(29)20(2)38-17-24)31-15-28-30(40-31)8-9-37-32(28)22-10-25(35)14-27(43)12-22/h8-18,21,38-40,43H,1,4-7H2,2-3H3. The zero-order valence-corrected chi connectivity index (χ0v) is 24.1. The van der Waals surface area contributed by atoms with Gasteiger partial charge in [0.15, 0.2) is 0 Å². The number of aromatic hydroxyl groups is 1. The predicted octanol–water partition coefficient (Wildman–Crippen LogP) is 5.54. The van der Waals surface area contributed by atoms with Crippen molar-refractivity contribution in [3.05, 3.63) is 95.4 Å². The highest BCUT2D eigenvalue weighted by atomic mass is 19.1. The third kappa shape index (κ3) is 4.97. The summed E-state index contributed by atoms with van der Waals surface area (Å²) in [5.41, 5.74) is 8.32.